The van der Waals surface area contributed by atoms with Crippen LogP contribution in [0.3, 0.4) is 0 Å². The Bertz CT molecular complexity index is 495. The van der Waals surface area contributed by atoms with Crippen LogP contribution in [0.4, 0.5) is 0 Å². The van der Waals surface area contributed by atoms with Gasteiger partial charge in [-0.1, -0.05) is 11.6 Å². The molecule has 0 radical (unpaired) electrons. The molecule has 0 saturated heterocycles. The number of rotatable bonds is 7. The van der Waals surface area contributed by atoms with Gasteiger partial charge in [0, 0.05) is 29.2 Å². The Kier molecular flexibility index (Phi) is 7.17. The number of nitrogens with zero attached hydrogens (tertiary/aromatic N) is 2. The van der Waals surface area contributed by atoms with Crippen molar-refractivity contribution >= 4 is 17.5 Å². The van der Waals surface area contributed by atoms with E-state index in [-0.39, 0.29) is 18.0 Å². The zero-order chi connectivity index (χ0) is 16.9. The molecule has 0 fully saturated rings. The number of carbonyl (C=O) groups is 1. The van der Waals surface area contributed by atoms with E-state index in [2.05, 4.69) is 0 Å². The summed E-state index contributed by atoms with van der Waals surface area (Å²) in [6.07, 6.45) is 0. The zero-order valence-electron chi connectivity index (χ0n) is 14.4. The predicted octanol–water partition coefficient (Wildman–Crippen LogP) is 3.43. The molecule has 5 heteroatoms. The van der Waals surface area contributed by atoms with Gasteiger partial charge in [-0.2, -0.15) is 0 Å². The van der Waals surface area contributed by atoms with E-state index in [1.807, 2.05) is 56.7 Å². The number of benzene rings is 1. The molecule has 0 bridgehead atoms. The lowest BCUT2D eigenvalue weighted by Gasteiger charge is -2.32. The topological polar surface area (TPSA) is 32.8 Å². The minimum Gasteiger partial charge on any atom is -0.496 e. The monoisotopic (exact) mass is 326 g/mol. The first-order valence-electron chi connectivity index (χ1n) is 7.58. The van der Waals surface area contributed by atoms with Gasteiger partial charge in [-0.15, -0.1) is 0 Å². The lowest BCUT2D eigenvalue weighted by atomic mass is 10.2. The van der Waals surface area contributed by atoms with Crippen LogP contribution in [-0.2, 0) is 11.3 Å². The summed E-state index contributed by atoms with van der Waals surface area (Å²) in [6, 6.07) is 5.92. The van der Waals surface area contributed by atoms with E-state index in [9.17, 15) is 4.79 Å². The number of hydrogen-bond donors (Lipinski definition) is 0. The molecule has 0 N–H and O–H groups in total. The normalized spacial score (nSPS) is 11.4. The summed E-state index contributed by atoms with van der Waals surface area (Å²) < 4.78 is 5.35. The molecule has 0 unspecified atom stereocenters. The van der Waals surface area contributed by atoms with Gasteiger partial charge in [-0.3, -0.25) is 9.69 Å². The van der Waals surface area contributed by atoms with Crippen molar-refractivity contribution in [2.24, 2.45) is 0 Å². The zero-order valence-corrected chi connectivity index (χ0v) is 15.1. The van der Waals surface area contributed by atoms with E-state index in [1.54, 1.807) is 13.2 Å². The second-order valence-electron chi connectivity index (χ2n) is 6.12. The van der Waals surface area contributed by atoms with E-state index in [1.165, 1.54) is 0 Å². The summed E-state index contributed by atoms with van der Waals surface area (Å²) in [5.74, 6) is 0.918. The second kappa shape index (κ2) is 8.39. The molecule has 0 heterocycles. The second-order valence-corrected chi connectivity index (χ2v) is 6.55. The highest BCUT2D eigenvalue weighted by atomic mass is 35.5. The lowest BCUT2D eigenvalue weighted by Crippen LogP contribution is -2.46. The van der Waals surface area contributed by atoms with Crippen molar-refractivity contribution in [2.75, 3.05) is 20.7 Å². The van der Waals surface area contributed by atoms with Crippen LogP contribution in [0.1, 0.15) is 33.3 Å². The number of carbonyl (C=O) groups excluding carboxylic acids is 1. The lowest BCUT2D eigenvalue weighted by molar-refractivity contribution is -0.135. The summed E-state index contributed by atoms with van der Waals surface area (Å²) in [5, 5.41) is 0.668. The number of amides is 1. The van der Waals surface area contributed by atoms with Crippen LogP contribution in [-0.4, -0.2) is 48.5 Å². The molecule has 0 aliphatic rings. The van der Waals surface area contributed by atoms with Gasteiger partial charge in [0.15, 0.2) is 0 Å². The van der Waals surface area contributed by atoms with Crippen molar-refractivity contribution in [1.82, 2.24) is 9.80 Å². The fourth-order valence-electron chi connectivity index (χ4n) is 2.70. The van der Waals surface area contributed by atoms with Gasteiger partial charge in [0.05, 0.1) is 13.7 Å². The Morgan fingerprint density at radius 1 is 1.23 bits per heavy atom. The highest BCUT2D eigenvalue weighted by Gasteiger charge is 2.21. The Hall–Kier alpha value is -1.26. The standard InChI is InChI=1S/C17H27ClN2O2/c1-12(2)20(13(3)4)17(21)11-19(5)10-14-9-15(18)7-8-16(14)22-6/h7-9,12-13H,10-11H2,1-6H3. The maximum Gasteiger partial charge on any atom is 0.237 e. The van der Waals surface area contributed by atoms with Crippen LogP contribution in [0.5, 0.6) is 5.75 Å². The van der Waals surface area contributed by atoms with Crippen molar-refractivity contribution in [1.29, 1.82) is 0 Å². The fraction of sp³-hybridized carbons (Fsp3) is 0.588. The maximum absolute atomic E-state index is 12.5. The molecule has 0 aliphatic carbocycles. The summed E-state index contributed by atoms with van der Waals surface area (Å²) >= 11 is 6.05. The van der Waals surface area contributed by atoms with Gasteiger partial charge < -0.3 is 9.64 Å². The molecule has 4 nitrogen and oxygen atoms in total. The Balaban J connectivity index is 2.76. The van der Waals surface area contributed by atoms with Crippen LogP contribution in [0.15, 0.2) is 18.2 Å². The van der Waals surface area contributed by atoms with Crippen LogP contribution in [0.2, 0.25) is 5.02 Å². The number of methoxy groups -OCH3 is 1. The molecule has 1 aromatic rings. The highest BCUT2D eigenvalue weighted by Crippen LogP contribution is 2.23. The van der Waals surface area contributed by atoms with Crippen LogP contribution in [0, 0.1) is 0 Å². The molecule has 1 rings (SSSR count). The van der Waals surface area contributed by atoms with Gasteiger partial charge in [0.2, 0.25) is 5.91 Å². The average Bonchev–Trinajstić information content (AvgIpc) is 2.37. The minimum atomic E-state index is 0.133. The molecular weight excluding hydrogens is 300 g/mol. The molecule has 124 valence electrons. The number of hydrogen-bond acceptors (Lipinski definition) is 3. The SMILES string of the molecule is COc1ccc(Cl)cc1CN(C)CC(=O)N(C(C)C)C(C)C. The van der Waals surface area contributed by atoms with Gasteiger partial charge in [0.1, 0.15) is 5.75 Å². The third kappa shape index (κ3) is 5.18. The van der Waals surface area contributed by atoms with Gasteiger partial charge in [-0.05, 0) is 52.9 Å². The predicted molar refractivity (Wildman–Crippen MR) is 91.5 cm³/mol. The first-order valence-corrected chi connectivity index (χ1v) is 7.96. The molecule has 0 atom stereocenters. The maximum atomic E-state index is 12.5. The third-order valence-corrected chi connectivity index (χ3v) is 3.72. The minimum absolute atomic E-state index is 0.133. The van der Waals surface area contributed by atoms with Crippen LogP contribution >= 0.6 is 11.6 Å². The number of ether oxygens (including phenoxy) is 1. The molecule has 22 heavy (non-hydrogen) atoms. The van der Waals surface area contributed by atoms with Crippen molar-refractivity contribution in [3.8, 4) is 5.75 Å². The quantitative estimate of drug-likeness (QED) is 0.769. The van der Waals surface area contributed by atoms with Gasteiger partial charge in [-0.25, -0.2) is 0 Å². The van der Waals surface area contributed by atoms with Crippen LogP contribution in [0.25, 0.3) is 0 Å². The first kappa shape index (κ1) is 18.8. The van der Waals surface area contributed by atoms with E-state index >= 15 is 0 Å². The van der Waals surface area contributed by atoms with Crippen molar-refractivity contribution < 1.29 is 9.53 Å². The molecule has 0 saturated carbocycles. The van der Waals surface area contributed by atoms with E-state index in [0.717, 1.165) is 11.3 Å². The average molecular weight is 327 g/mol. The molecule has 0 aromatic heterocycles. The Labute approximate surface area is 139 Å². The fourth-order valence-corrected chi connectivity index (χ4v) is 2.90. The van der Waals surface area contributed by atoms with Crippen molar-refractivity contribution in [3.63, 3.8) is 0 Å². The highest BCUT2D eigenvalue weighted by molar-refractivity contribution is 6.30. The number of likely N-dealkylation sites (N-methyl/N-ethyl adjacent to an activating group) is 1. The Morgan fingerprint density at radius 2 is 1.82 bits per heavy atom. The summed E-state index contributed by atoms with van der Waals surface area (Å²) in [6.45, 7) is 9.14. The van der Waals surface area contributed by atoms with Crippen LogP contribution < -0.4 is 4.74 Å². The first-order chi connectivity index (χ1) is 10.3. The van der Waals surface area contributed by atoms with Gasteiger partial charge in [0.25, 0.3) is 0 Å². The molecule has 1 aromatic carbocycles. The van der Waals surface area contributed by atoms with Gasteiger partial charge >= 0.3 is 0 Å². The Morgan fingerprint density at radius 3 is 2.32 bits per heavy atom. The molecular formula is C17H27ClN2O2. The molecule has 1 amide bonds. The van der Waals surface area contributed by atoms with Crippen molar-refractivity contribution in [3.05, 3.63) is 28.8 Å². The third-order valence-electron chi connectivity index (χ3n) is 3.49. The molecule has 0 spiro atoms. The summed E-state index contributed by atoms with van der Waals surface area (Å²) in [7, 11) is 3.56. The van der Waals surface area contributed by atoms with E-state index < -0.39 is 0 Å². The van der Waals surface area contributed by atoms with Crippen molar-refractivity contribution in [2.45, 2.75) is 46.3 Å². The van der Waals surface area contributed by atoms with E-state index in [4.69, 9.17) is 16.3 Å². The van der Waals surface area contributed by atoms with E-state index in [0.29, 0.717) is 18.1 Å². The summed E-state index contributed by atoms with van der Waals surface area (Å²) in [4.78, 5) is 16.4. The largest absolute Gasteiger partial charge is 0.496 e. The smallest absolute Gasteiger partial charge is 0.237 e. The summed E-state index contributed by atoms with van der Waals surface area (Å²) in [5.41, 5.74) is 0.978. The number of halogens is 1. The molecule has 0 aliphatic heterocycles.